The van der Waals surface area contributed by atoms with Crippen molar-refractivity contribution in [2.45, 2.75) is 6.04 Å². The number of hydrogen-bond donors (Lipinski definition) is 2. The molecular formula is C12H12BrFN4O. The van der Waals surface area contributed by atoms with Gasteiger partial charge in [0.05, 0.1) is 15.7 Å². The lowest BCUT2D eigenvalue weighted by atomic mass is 10.1. The van der Waals surface area contributed by atoms with Crippen molar-refractivity contribution < 1.29 is 9.18 Å². The molecule has 1 aromatic carbocycles. The number of nitrogens with one attached hydrogen (secondary N) is 1. The van der Waals surface area contributed by atoms with Gasteiger partial charge in [0.25, 0.3) is 0 Å². The number of hydrogen-bond acceptors (Lipinski definition) is 4. The van der Waals surface area contributed by atoms with Gasteiger partial charge in [0.15, 0.2) is 5.82 Å². The lowest BCUT2D eigenvalue weighted by Crippen LogP contribution is -2.57. The Kier molecular flexibility index (Phi) is 4.02. The third-order valence-electron chi connectivity index (χ3n) is 3.06. The molecule has 1 fully saturated rings. The van der Waals surface area contributed by atoms with Crippen LogP contribution in [-0.4, -0.2) is 31.6 Å². The monoisotopic (exact) mass is 326 g/mol. The Labute approximate surface area is 118 Å². The number of benzene rings is 1. The molecule has 7 heteroatoms. The number of anilines is 1. The predicted molar refractivity (Wildman–Crippen MR) is 72.0 cm³/mol. The highest BCUT2D eigenvalue weighted by Crippen LogP contribution is 2.30. The Bertz CT molecular complexity index is 557. The zero-order chi connectivity index (χ0) is 14.0. The van der Waals surface area contributed by atoms with Crippen LogP contribution in [0.15, 0.2) is 16.6 Å². The highest BCUT2D eigenvalue weighted by Gasteiger charge is 2.29. The molecule has 3 N–H and O–H groups in total. The maximum Gasteiger partial charge on any atom is 0.241 e. The van der Waals surface area contributed by atoms with Crippen molar-refractivity contribution >= 4 is 27.5 Å². The molecule has 100 valence electrons. The van der Waals surface area contributed by atoms with E-state index in [1.54, 1.807) is 4.90 Å². The Morgan fingerprint density at radius 3 is 3.00 bits per heavy atom. The van der Waals surface area contributed by atoms with Crippen molar-refractivity contribution in [3.63, 3.8) is 0 Å². The van der Waals surface area contributed by atoms with Crippen LogP contribution in [0.2, 0.25) is 0 Å². The zero-order valence-electron chi connectivity index (χ0n) is 9.99. The summed E-state index contributed by atoms with van der Waals surface area (Å²) >= 11 is 3.06. The van der Waals surface area contributed by atoms with Crippen LogP contribution in [0, 0.1) is 17.1 Å². The predicted octanol–water partition coefficient (Wildman–Crippen LogP) is 0.723. The minimum Gasteiger partial charge on any atom is -0.368 e. The van der Waals surface area contributed by atoms with E-state index in [-0.39, 0.29) is 15.7 Å². The number of primary amides is 1. The molecule has 19 heavy (non-hydrogen) atoms. The Morgan fingerprint density at radius 1 is 1.63 bits per heavy atom. The summed E-state index contributed by atoms with van der Waals surface area (Å²) < 4.78 is 14.4. The third kappa shape index (κ3) is 2.55. The van der Waals surface area contributed by atoms with Crippen LogP contribution in [0.5, 0.6) is 0 Å². The SMILES string of the molecule is N#Cc1ccc(N2CCNCC2C(N)=O)c(F)c1Br. The van der Waals surface area contributed by atoms with Gasteiger partial charge in [0, 0.05) is 19.6 Å². The van der Waals surface area contributed by atoms with Gasteiger partial charge in [0.1, 0.15) is 12.1 Å². The van der Waals surface area contributed by atoms with E-state index < -0.39 is 17.8 Å². The number of rotatable bonds is 2. The van der Waals surface area contributed by atoms with Crippen molar-refractivity contribution in [1.82, 2.24) is 5.32 Å². The lowest BCUT2D eigenvalue weighted by Gasteiger charge is -2.36. The molecule has 1 atom stereocenters. The summed E-state index contributed by atoms with van der Waals surface area (Å²) in [5.74, 6) is -1.06. The summed E-state index contributed by atoms with van der Waals surface area (Å²) in [5.41, 5.74) is 5.82. The highest BCUT2D eigenvalue weighted by molar-refractivity contribution is 9.10. The van der Waals surface area contributed by atoms with Gasteiger partial charge in [-0.15, -0.1) is 0 Å². The molecule has 0 bridgehead atoms. The number of carbonyl (C=O) groups is 1. The van der Waals surface area contributed by atoms with E-state index in [0.717, 1.165) is 0 Å². The molecule has 1 heterocycles. The molecule has 1 aromatic rings. The Balaban J connectivity index is 2.43. The molecule has 2 rings (SSSR count). The van der Waals surface area contributed by atoms with Crippen LogP contribution in [-0.2, 0) is 4.79 Å². The molecule has 1 saturated heterocycles. The standard InChI is InChI=1S/C12H12BrFN4O/c13-10-7(5-15)1-2-8(11(10)14)18-4-3-17-6-9(18)12(16)19/h1-2,9,17H,3-4,6H2,(H2,16,19). The molecular weight excluding hydrogens is 315 g/mol. The summed E-state index contributed by atoms with van der Waals surface area (Å²) in [6.07, 6.45) is 0. The summed E-state index contributed by atoms with van der Waals surface area (Å²) in [6, 6.07) is 4.31. The first-order valence-electron chi connectivity index (χ1n) is 5.71. The number of halogens is 2. The molecule has 0 radical (unpaired) electrons. The van der Waals surface area contributed by atoms with E-state index in [1.807, 2.05) is 6.07 Å². The molecule has 0 aliphatic carbocycles. The van der Waals surface area contributed by atoms with Crippen LogP contribution in [0.1, 0.15) is 5.56 Å². The fourth-order valence-corrected chi connectivity index (χ4v) is 2.52. The van der Waals surface area contributed by atoms with E-state index in [2.05, 4.69) is 21.2 Å². The number of nitrogens with two attached hydrogens (primary N) is 1. The zero-order valence-corrected chi connectivity index (χ0v) is 11.6. The lowest BCUT2D eigenvalue weighted by molar-refractivity contribution is -0.119. The van der Waals surface area contributed by atoms with Crippen molar-refractivity contribution in [3.05, 3.63) is 28.0 Å². The largest absolute Gasteiger partial charge is 0.368 e. The minimum atomic E-state index is -0.594. The van der Waals surface area contributed by atoms with Crippen LogP contribution < -0.4 is 16.0 Å². The van der Waals surface area contributed by atoms with Gasteiger partial charge < -0.3 is 16.0 Å². The normalized spacial score (nSPS) is 19.0. The van der Waals surface area contributed by atoms with Crippen molar-refractivity contribution in [2.24, 2.45) is 5.73 Å². The van der Waals surface area contributed by atoms with Gasteiger partial charge >= 0.3 is 0 Å². The van der Waals surface area contributed by atoms with Crippen molar-refractivity contribution in [1.29, 1.82) is 5.26 Å². The fourth-order valence-electron chi connectivity index (χ4n) is 2.09. The van der Waals surface area contributed by atoms with Gasteiger partial charge in [-0.3, -0.25) is 4.79 Å². The number of piperazine rings is 1. The average Bonchev–Trinajstić information content (AvgIpc) is 2.42. The van der Waals surface area contributed by atoms with E-state index in [1.165, 1.54) is 12.1 Å². The van der Waals surface area contributed by atoms with Crippen LogP contribution in [0.4, 0.5) is 10.1 Å². The quantitative estimate of drug-likeness (QED) is 0.839. The third-order valence-corrected chi connectivity index (χ3v) is 3.84. The maximum absolute atomic E-state index is 14.3. The minimum absolute atomic E-state index is 0.106. The molecule has 1 amide bonds. The Hall–Kier alpha value is -1.65. The summed E-state index contributed by atoms with van der Waals surface area (Å²) in [5, 5.41) is 11.9. The first-order chi connectivity index (χ1) is 9.06. The van der Waals surface area contributed by atoms with Gasteiger partial charge in [-0.1, -0.05) is 0 Å². The van der Waals surface area contributed by atoms with Crippen LogP contribution in [0.25, 0.3) is 0 Å². The molecule has 1 aliphatic heterocycles. The maximum atomic E-state index is 14.3. The van der Waals surface area contributed by atoms with Gasteiger partial charge in [-0.2, -0.15) is 5.26 Å². The molecule has 1 aliphatic rings. The van der Waals surface area contributed by atoms with E-state index >= 15 is 0 Å². The van der Waals surface area contributed by atoms with E-state index in [0.29, 0.717) is 19.6 Å². The Morgan fingerprint density at radius 2 is 2.37 bits per heavy atom. The molecule has 0 saturated carbocycles. The van der Waals surface area contributed by atoms with Crippen LogP contribution >= 0.6 is 15.9 Å². The molecule has 5 nitrogen and oxygen atoms in total. The number of carbonyl (C=O) groups excluding carboxylic acids is 1. The fraction of sp³-hybridized carbons (Fsp3) is 0.333. The van der Waals surface area contributed by atoms with Gasteiger partial charge in [0.2, 0.25) is 5.91 Å². The second-order valence-corrected chi connectivity index (χ2v) is 4.98. The number of nitrogens with zero attached hydrogens (tertiary/aromatic N) is 2. The number of nitriles is 1. The summed E-state index contributed by atoms with van der Waals surface area (Å²) in [7, 11) is 0. The van der Waals surface area contributed by atoms with Crippen molar-refractivity contribution in [3.8, 4) is 6.07 Å². The van der Waals surface area contributed by atoms with Crippen molar-refractivity contribution in [2.75, 3.05) is 24.5 Å². The van der Waals surface area contributed by atoms with Gasteiger partial charge in [-0.05, 0) is 28.1 Å². The van der Waals surface area contributed by atoms with Crippen LogP contribution in [0.3, 0.4) is 0 Å². The second-order valence-electron chi connectivity index (χ2n) is 4.19. The molecule has 1 unspecified atom stereocenters. The second kappa shape index (κ2) is 5.55. The van der Waals surface area contributed by atoms with E-state index in [9.17, 15) is 9.18 Å². The van der Waals surface area contributed by atoms with E-state index in [4.69, 9.17) is 11.0 Å². The molecule has 0 spiro atoms. The number of amides is 1. The summed E-state index contributed by atoms with van der Waals surface area (Å²) in [4.78, 5) is 13.0. The topological polar surface area (TPSA) is 82.2 Å². The smallest absolute Gasteiger partial charge is 0.241 e. The highest BCUT2D eigenvalue weighted by atomic mass is 79.9. The first kappa shape index (κ1) is 13.8. The molecule has 0 aromatic heterocycles. The summed E-state index contributed by atoms with van der Waals surface area (Å²) in [6.45, 7) is 1.50. The van der Waals surface area contributed by atoms with Gasteiger partial charge in [-0.25, -0.2) is 4.39 Å². The average molecular weight is 327 g/mol. The first-order valence-corrected chi connectivity index (χ1v) is 6.50.